The van der Waals surface area contributed by atoms with Crippen molar-refractivity contribution in [3.8, 4) is 5.75 Å². The van der Waals surface area contributed by atoms with Crippen LogP contribution < -0.4 is 20.3 Å². The minimum Gasteiger partial charge on any atom is -0.496 e. The Bertz CT molecular complexity index is 969. The standard InChI is InChI=1S/C26H41N7O/c1-31-11-6-12-33(16-15-31)26-29-23-17-20(22-7-4-5-10-27-22)24(34-3)18-21(23)25(30-26)28-19-8-13-32(2)14-9-19/h17-19,22,27H,4-16H2,1-3H3,(H,28,29,30). The normalized spacial score (nSPS) is 23.7. The predicted molar refractivity (Wildman–Crippen MR) is 139 cm³/mol. The molecule has 1 atom stereocenters. The fraction of sp³-hybridized carbons (Fsp3) is 0.692. The third-order valence-corrected chi connectivity index (χ3v) is 7.78. The number of methoxy groups -OCH3 is 1. The molecular formula is C26H41N7O. The molecule has 0 radical (unpaired) electrons. The van der Waals surface area contributed by atoms with E-state index in [0.29, 0.717) is 12.1 Å². The number of rotatable bonds is 5. The molecule has 0 amide bonds. The van der Waals surface area contributed by atoms with Crippen LogP contribution in [0.15, 0.2) is 12.1 Å². The number of hydrogen-bond donors (Lipinski definition) is 2. The minimum atomic E-state index is 0.323. The summed E-state index contributed by atoms with van der Waals surface area (Å²) in [7, 11) is 6.19. The van der Waals surface area contributed by atoms with Crippen molar-refractivity contribution < 1.29 is 4.74 Å². The molecule has 8 heteroatoms. The minimum absolute atomic E-state index is 0.323. The molecule has 0 bridgehead atoms. The van der Waals surface area contributed by atoms with Gasteiger partial charge in [0.15, 0.2) is 0 Å². The van der Waals surface area contributed by atoms with Gasteiger partial charge in [0, 0.05) is 42.7 Å². The van der Waals surface area contributed by atoms with E-state index < -0.39 is 0 Å². The maximum Gasteiger partial charge on any atom is 0.227 e. The van der Waals surface area contributed by atoms with Gasteiger partial charge in [-0.1, -0.05) is 6.42 Å². The molecule has 3 fully saturated rings. The first kappa shape index (κ1) is 23.6. The average molecular weight is 468 g/mol. The van der Waals surface area contributed by atoms with Crippen molar-refractivity contribution in [1.29, 1.82) is 0 Å². The zero-order valence-electron chi connectivity index (χ0n) is 21.1. The smallest absolute Gasteiger partial charge is 0.227 e. The van der Waals surface area contributed by atoms with Crippen LogP contribution in [0.4, 0.5) is 11.8 Å². The van der Waals surface area contributed by atoms with Gasteiger partial charge in [0.25, 0.3) is 0 Å². The molecule has 0 spiro atoms. The third-order valence-electron chi connectivity index (χ3n) is 7.78. The van der Waals surface area contributed by atoms with Crippen LogP contribution in [0.2, 0.25) is 0 Å². The van der Waals surface area contributed by atoms with E-state index in [1.165, 1.54) is 18.4 Å². The van der Waals surface area contributed by atoms with Crippen LogP contribution in [0.3, 0.4) is 0 Å². The highest BCUT2D eigenvalue weighted by molar-refractivity contribution is 5.92. The maximum atomic E-state index is 5.89. The van der Waals surface area contributed by atoms with Crippen molar-refractivity contribution in [2.75, 3.05) is 77.2 Å². The van der Waals surface area contributed by atoms with Gasteiger partial charge in [0.1, 0.15) is 11.6 Å². The molecule has 3 aliphatic rings. The molecule has 0 saturated carbocycles. The molecule has 34 heavy (non-hydrogen) atoms. The summed E-state index contributed by atoms with van der Waals surface area (Å²) in [6.45, 7) is 7.42. The molecule has 2 N–H and O–H groups in total. The van der Waals surface area contributed by atoms with E-state index in [0.717, 1.165) is 99.9 Å². The highest BCUT2D eigenvalue weighted by Crippen LogP contribution is 2.36. The van der Waals surface area contributed by atoms with E-state index in [4.69, 9.17) is 14.7 Å². The molecule has 4 heterocycles. The zero-order chi connectivity index (χ0) is 23.5. The number of hydrogen-bond acceptors (Lipinski definition) is 8. The first-order valence-corrected chi connectivity index (χ1v) is 13.1. The quantitative estimate of drug-likeness (QED) is 0.695. The average Bonchev–Trinajstić information content (AvgIpc) is 3.09. The molecular weight excluding hydrogens is 426 g/mol. The maximum absolute atomic E-state index is 5.89. The lowest BCUT2D eigenvalue weighted by Gasteiger charge is -2.31. The number of ether oxygens (including phenoxy) is 1. The number of likely N-dealkylation sites (N-methyl/N-ethyl adjacent to an activating group) is 1. The summed E-state index contributed by atoms with van der Waals surface area (Å²) in [5, 5.41) is 8.56. The number of piperidine rings is 2. The van der Waals surface area contributed by atoms with Gasteiger partial charge in [0.05, 0.1) is 12.6 Å². The Hall–Kier alpha value is -2.16. The lowest BCUT2D eigenvalue weighted by atomic mass is 9.95. The number of nitrogens with zero attached hydrogens (tertiary/aromatic N) is 5. The number of fused-ring (bicyclic) bond motifs is 1. The second kappa shape index (κ2) is 10.6. The van der Waals surface area contributed by atoms with Gasteiger partial charge >= 0.3 is 0 Å². The van der Waals surface area contributed by atoms with Gasteiger partial charge in [0.2, 0.25) is 5.95 Å². The van der Waals surface area contributed by atoms with Gasteiger partial charge < -0.3 is 30.1 Å². The van der Waals surface area contributed by atoms with Crippen LogP contribution in [0.5, 0.6) is 5.75 Å². The Morgan fingerprint density at radius 3 is 2.50 bits per heavy atom. The van der Waals surface area contributed by atoms with E-state index in [-0.39, 0.29) is 0 Å². The van der Waals surface area contributed by atoms with Crippen LogP contribution in [0, 0.1) is 0 Å². The molecule has 1 unspecified atom stereocenters. The van der Waals surface area contributed by atoms with Crippen LogP contribution >= 0.6 is 0 Å². The topological polar surface area (TPSA) is 68.8 Å². The molecule has 0 aliphatic carbocycles. The first-order chi connectivity index (χ1) is 16.6. The molecule has 186 valence electrons. The van der Waals surface area contributed by atoms with E-state index in [1.54, 1.807) is 7.11 Å². The Morgan fingerprint density at radius 1 is 0.912 bits per heavy atom. The molecule has 3 saturated heterocycles. The van der Waals surface area contributed by atoms with Crippen LogP contribution in [0.25, 0.3) is 10.9 Å². The zero-order valence-corrected chi connectivity index (χ0v) is 21.1. The summed E-state index contributed by atoms with van der Waals surface area (Å²) < 4.78 is 5.89. The number of likely N-dealkylation sites (tertiary alicyclic amines) is 1. The van der Waals surface area contributed by atoms with Crippen molar-refractivity contribution in [2.45, 2.75) is 50.6 Å². The van der Waals surface area contributed by atoms with Crippen molar-refractivity contribution in [3.05, 3.63) is 17.7 Å². The van der Waals surface area contributed by atoms with E-state index in [9.17, 15) is 0 Å². The van der Waals surface area contributed by atoms with Crippen molar-refractivity contribution in [2.24, 2.45) is 0 Å². The molecule has 3 aliphatic heterocycles. The molecule has 5 rings (SSSR count). The van der Waals surface area contributed by atoms with Crippen LogP contribution in [-0.4, -0.2) is 92.8 Å². The third kappa shape index (κ3) is 5.24. The number of aromatic nitrogens is 2. The molecule has 8 nitrogen and oxygen atoms in total. The van der Waals surface area contributed by atoms with Gasteiger partial charge in [-0.25, -0.2) is 4.98 Å². The lowest BCUT2D eigenvalue weighted by molar-refractivity contribution is 0.264. The van der Waals surface area contributed by atoms with E-state index in [2.05, 4.69) is 51.6 Å². The van der Waals surface area contributed by atoms with E-state index >= 15 is 0 Å². The first-order valence-electron chi connectivity index (χ1n) is 13.1. The van der Waals surface area contributed by atoms with Crippen molar-refractivity contribution >= 4 is 22.7 Å². The number of anilines is 2. The van der Waals surface area contributed by atoms with Gasteiger partial charge in [-0.3, -0.25) is 0 Å². The van der Waals surface area contributed by atoms with Crippen molar-refractivity contribution in [1.82, 2.24) is 25.1 Å². The van der Waals surface area contributed by atoms with Crippen LogP contribution in [0.1, 0.15) is 50.1 Å². The molecule has 2 aromatic rings. The van der Waals surface area contributed by atoms with Crippen molar-refractivity contribution in [3.63, 3.8) is 0 Å². The Labute approximate surface area is 204 Å². The predicted octanol–water partition coefficient (Wildman–Crippen LogP) is 3.10. The Kier molecular flexibility index (Phi) is 7.37. The summed E-state index contributed by atoms with van der Waals surface area (Å²) in [5.74, 6) is 2.74. The van der Waals surface area contributed by atoms with Gasteiger partial charge in [-0.05, 0) is 84.5 Å². The summed E-state index contributed by atoms with van der Waals surface area (Å²) in [4.78, 5) is 17.4. The number of benzene rings is 1. The second-order valence-corrected chi connectivity index (χ2v) is 10.4. The largest absolute Gasteiger partial charge is 0.496 e. The number of nitrogens with one attached hydrogen (secondary N) is 2. The highest BCUT2D eigenvalue weighted by Gasteiger charge is 2.24. The summed E-state index contributed by atoms with van der Waals surface area (Å²) in [5.41, 5.74) is 2.24. The summed E-state index contributed by atoms with van der Waals surface area (Å²) in [6, 6.07) is 5.18. The SMILES string of the molecule is COc1cc2c(NC3CCN(C)CC3)nc(N3CCCN(C)CC3)nc2cc1C1CCCCN1. The molecule has 1 aromatic carbocycles. The van der Waals surface area contributed by atoms with E-state index in [1.807, 2.05) is 0 Å². The second-order valence-electron chi connectivity index (χ2n) is 10.4. The van der Waals surface area contributed by atoms with Gasteiger partial charge in [-0.2, -0.15) is 4.98 Å². The summed E-state index contributed by atoms with van der Waals surface area (Å²) in [6.07, 6.45) is 7.03. The van der Waals surface area contributed by atoms with Crippen LogP contribution in [-0.2, 0) is 0 Å². The summed E-state index contributed by atoms with van der Waals surface area (Å²) >= 11 is 0. The Balaban J connectivity index is 1.54. The fourth-order valence-corrected chi connectivity index (χ4v) is 5.57. The fourth-order valence-electron chi connectivity index (χ4n) is 5.57. The highest BCUT2D eigenvalue weighted by atomic mass is 16.5. The van der Waals surface area contributed by atoms with Gasteiger partial charge in [-0.15, -0.1) is 0 Å². The lowest BCUT2D eigenvalue weighted by Crippen LogP contribution is -2.37. The molecule has 1 aromatic heterocycles. The Morgan fingerprint density at radius 2 is 1.74 bits per heavy atom. The monoisotopic (exact) mass is 467 g/mol.